The third-order valence-corrected chi connectivity index (χ3v) is 3.84. The van der Waals surface area contributed by atoms with E-state index in [1.807, 2.05) is 31.2 Å². The van der Waals surface area contributed by atoms with E-state index >= 15 is 0 Å². The lowest BCUT2D eigenvalue weighted by Crippen LogP contribution is -2.25. The van der Waals surface area contributed by atoms with Gasteiger partial charge in [0.15, 0.2) is 0 Å². The number of halogens is 1. The molecule has 1 aromatic rings. The molecule has 0 radical (unpaired) electrons. The first-order valence-electron chi connectivity index (χ1n) is 7.47. The molecule has 0 aliphatic carbocycles. The number of allylic oxidation sites excluding steroid dienone is 1. The fourth-order valence-electron chi connectivity index (χ4n) is 2.02. The number of hydrogen-bond donors (Lipinski definition) is 2. The van der Waals surface area contributed by atoms with Crippen LogP contribution >= 0.6 is 15.9 Å². The molecule has 0 saturated carbocycles. The van der Waals surface area contributed by atoms with Crippen molar-refractivity contribution in [2.75, 3.05) is 0 Å². The Morgan fingerprint density at radius 3 is 2.32 bits per heavy atom. The molecule has 120 valence electrons. The van der Waals surface area contributed by atoms with Crippen molar-refractivity contribution in [1.29, 1.82) is 0 Å². The van der Waals surface area contributed by atoms with E-state index in [0.29, 0.717) is 25.0 Å². The Morgan fingerprint density at radius 2 is 1.82 bits per heavy atom. The highest BCUT2D eigenvalue weighted by Gasteiger charge is 2.16. The van der Waals surface area contributed by atoms with Gasteiger partial charge in [0, 0.05) is 23.0 Å². The van der Waals surface area contributed by atoms with Crippen molar-refractivity contribution in [2.24, 2.45) is 0 Å². The Bertz CT molecular complexity index is 550. The summed E-state index contributed by atoms with van der Waals surface area (Å²) in [6.45, 7) is 3.79. The molecule has 1 aromatic carbocycles. The zero-order valence-corrected chi connectivity index (χ0v) is 14.6. The van der Waals surface area contributed by atoms with Gasteiger partial charge in [0.2, 0.25) is 5.91 Å². The minimum absolute atomic E-state index is 0.152. The highest BCUT2D eigenvalue weighted by Crippen LogP contribution is 2.18. The van der Waals surface area contributed by atoms with Gasteiger partial charge < -0.3 is 10.4 Å². The van der Waals surface area contributed by atoms with E-state index in [-0.39, 0.29) is 11.5 Å². The van der Waals surface area contributed by atoms with Crippen LogP contribution in [0.1, 0.15) is 45.1 Å². The molecule has 5 heteroatoms. The van der Waals surface area contributed by atoms with Gasteiger partial charge in [0.05, 0.1) is 5.57 Å². The number of hydrogen-bond acceptors (Lipinski definition) is 2. The van der Waals surface area contributed by atoms with Crippen LogP contribution in [0.4, 0.5) is 0 Å². The second-order valence-corrected chi connectivity index (χ2v) is 5.99. The van der Waals surface area contributed by atoms with Gasteiger partial charge >= 0.3 is 5.97 Å². The summed E-state index contributed by atoms with van der Waals surface area (Å²) in [4.78, 5) is 23.3. The average Bonchev–Trinajstić information content (AvgIpc) is 2.50. The highest BCUT2D eigenvalue weighted by molar-refractivity contribution is 9.10. The van der Waals surface area contributed by atoms with Crippen LogP contribution in [0.3, 0.4) is 0 Å². The minimum Gasteiger partial charge on any atom is -0.478 e. The van der Waals surface area contributed by atoms with Gasteiger partial charge in [-0.15, -0.1) is 0 Å². The van der Waals surface area contributed by atoms with Crippen LogP contribution in [0.5, 0.6) is 0 Å². The standard InChI is InChI=1S/C17H22BrNO3/c1-3-5-6-15(19-16(20)4-2)14(17(21)22)11-12-7-9-13(18)10-8-12/h7-10H,3-6,11H2,1-2H3,(H,19,20)(H,21,22)/b15-14-. The quantitative estimate of drug-likeness (QED) is 0.681. The van der Waals surface area contributed by atoms with Crippen molar-refractivity contribution in [2.45, 2.75) is 46.0 Å². The first-order valence-corrected chi connectivity index (χ1v) is 8.26. The maximum Gasteiger partial charge on any atom is 0.333 e. The number of unbranched alkanes of at least 4 members (excludes halogenated alkanes) is 1. The molecule has 0 heterocycles. The summed E-state index contributed by atoms with van der Waals surface area (Å²) in [5.74, 6) is -1.13. The summed E-state index contributed by atoms with van der Waals surface area (Å²) in [5, 5.41) is 12.3. The van der Waals surface area contributed by atoms with E-state index in [9.17, 15) is 14.7 Å². The molecule has 0 bridgehead atoms. The molecule has 0 unspecified atom stereocenters. The van der Waals surface area contributed by atoms with E-state index in [4.69, 9.17) is 0 Å². The van der Waals surface area contributed by atoms with Crippen LogP contribution in [0.25, 0.3) is 0 Å². The maximum atomic E-state index is 11.7. The molecule has 0 atom stereocenters. The Balaban J connectivity index is 3.09. The number of nitrogens with one attached hydrogen (secondary N) is 1. The Morgan fingerprint density at radius 1 is 1.18 bits per heavy atom. The zero-order valence-electron chi connectivity index (χ0n) is 13.0. The number of carboxylic acid groups (broad SMARTS) is 1. The van der Waals surface area contributed by atoms with E-state index < -0.39 is 5.97 Å². The van der Waals surface area contributed by atoms with Crippen molar-refractivity contribution in [3.05, 3.63) is 45.6 Å². The molecule has 0 fully saturated rings. The first-order chi connectivity index (χ1) is 10.5. The van der Waals surface area contributed by atoms with Gasteiger partial charge in [-0.1, -0.05) is 48.3 Å². The van der Waals surface area contributed by atoms with Crippen LogP contribution in [0.2, 0.25) is 0 Å². The van der Waals surface area contributed by atoms with Gasteiger partial charge in [-0.05, 0) is 30.5 Å². The number of aliphatic carboxylic acids is 1. The van der Waals surface area contributed by atoms with Gasteiger partial charge in [0.1, 0.15) is 0 Å². The normalized spacial score (nSPS) is 11.8. The molecule has 0 spiro atoms. The smallest absolute Gasteiger partial charge is 0.333 e. The second-order valence-electron chi connectivity index (χ2n) is 5.07. The summed E-state index contributed by atoms with van der Waals surface area (Å²) in [6, 6.07) is 7.52. The summed E-state index contributed by atoms with van der Waals surface area (Å²) < 4.78 is 0.947. The lowest BCUT2D eigenvalue weighted by atomic mass is 10.0. The zero-order chi connectivity index (χ0) is 16.5. The molecule has 22 heavy (non-hydrogen) atoms. The molecular weight excluding hydrogens is 346 g/mol. The summed E-state index contributed by atoms with van der Waals surface area (Å²) >= 11 is 3.36. The van der Waals surface area contributed by atoms with Crippen LogP contribution in [0.15, 0.2) is 40.0 Å². The molecule has 1 amide bonds. The van der Waals surface area contributed by atoms with E-state index in [0.717, 1.165) is 22.9 Å². The first kappa shape index (κ1) is 18.4. The van der Waals surface area contributed by atoms with E-state index in [2.05, 4.69) is 21.2 Å². The predicted molar refractivity (Wildman–Crippen MR) is 90.5 cm³/mol. The Labute approximate surface area is 139 Å². The Kier molecular flexibility index (Phi) is 7.88. The number of carboxylic acids is 1. The molecule has 0 saturated heterocycles. The van der Waals surface area contributed by atoms with Gasteiger partial charge in [-0.3, -0.25) is 4.79 Å². The van der Waals surface area contributed by atoms with Crippen LogP contribution < -0.4 is 5.32 Å². The summed E-state index contributed by atoms with van der Waals surface area (Å²) in [5.41, 5.74) is 1.70. The van der Waals surface area contributed by atoms with Gasteiger partial charge in [-0.25, -0.2) is 4.79 Å². The van der Waals surface area contributed by atoms with Crippen LogP contribution in [0, 0.1) is 0 Å². The van der Waals surface area contributed by atoms with Crippen molar-refractivity contribution >= 4 is 27.8 Å². The summed E-state index contributed by atoms with van der Waals surface area (Å²) in [7, 11) is 0. The van der Waals surface area contributed by atoms with E-state index in [1.54, 1.807) is 6.92 Å². The SMILES string of the molecule is CCCC/C(NC(=O)CC)=C(\Cc1ccc(Br)cc1)C(=O)O. The molecule has 4 nitrogen and oxygen atoms in total. The number of benzene rings is 1. The topological polar surface area (TPSA) is 66.4 Å². The molecule has 0 aliphatic heterocycles. The third-order valence-electron chi connectivity index (χ3n) is 3.31. The fraction of sp³-hybridized carbons (Fsp3) is 0.412. The number of carbonyl (C=O) groups is 2. The highest BCUT2D eigenvalue weighted by atomic mass is 79.9. The Hall–Kier alpha value is -1.62. The molecule has 0 aromatic heterocycles. The van der Waals surface area contributed by atoms with Crippen molar-refractivity contribution in [1.82, 2.24) is 5.32 Å². The number of amides is 1. The number of rotatable bonds is 8. The second kappa shape index (κ2) is 9.41. The largest absolute Gasteiger partial charge is 0.478 e. The lowest BCUT2D eigenvalue weighted by molar-refractivity contribution is -0.132. The number of carbonyl (C=O) groups excluding carboxylic acids is 1. The van der Waals surface area contributed by atoms with Crippen molar-refractivity contribution in [3.8, 4) is 0 Å². The van der Waals surface area contributed by atoms with Crippen molar-refractivity contribution in [3.63, 3.8) is 0 Å². The predicted octanol–water partition coefficient (Wildman–Crippen LogP) is 4.05. The van der Waals surface area contributed by atoms with Gasteiger partial charge in [-0.2, -0.15) is 0 Å². The third kappa shape index (κ3) is 6.02. The molecule has 1 rings (SSSR count). The molecule has 0 aliphatic rings. The van der Waals surface area contributed by atoms with E-state index in [1.165, 1.54) is 0 Å². The van der Waals surface area contributed by atoms with Crippen molar-refractivity contribution < 1.29 is 14.7 Å². The van der Waals surface area contributed by atoms with Gasteiger partial charge in [0.25, 0.3) is 0 Å². The lowest BCUT2D eigenvalue weighted by Gasteiger charge is -2.14. The average molecular weight is 368 g/mol. The minimum atomic E-state index is -0.981. The van der Waals surface area contributed by atoms with Crippen LogP contribution in [-0.2, 0) is 16.0 Å². The monoisotopic (exact) mass is 367 g/mol. The fourth-order valence-corrected chi connectivity index (χ4v) is 2.28. The summed E-state index contributed by atoms with van der Waals surface area (Å²) in [6.07, 6.45) is 2.99. The molecular formula is C17H22BrNO3. The van der Waals surface area contributed by atoms with Crippen LogP contribution in [-0.4, -0.2) is 17.0 Å². The maximum absolute atomic E-state index is 11.7. The molecule has 2 N–H and O–H groups in total.